The van der Waals surface area contributed by atoms with Crippen molar-refractivity contribution >= 4 is 5.69 Å². The zero-order valence-electron chi connectivity index (χ0n) is 10.4. The van der Waals surface area contributed by atoms with Gasteiger partial charge in [-0.1, -0.05) is 25.1 Å². The summed E-state index contributed by atoms with van der Waals surface area (Å²) in [6.07, 6.45) is 2.40. The molecule has 16 heavy (non-hydrogen) atoms. The van der Waals surface area contributed by atoms with E-state index in [0.29, 0.717) is 6.04 Å². The second kappa shape index (κ2) is 5.35. The van der Waals surface area contributed by atoms with Crippen molar-refractivity contribution in [1.29, 1.82) is 0 Å². The van der Waals surface area contributed by atoms with Crippen LogP contribution in [0.3, 0.4) is 0 Å². The van der Waals surface area contributed by atoms with Crippen LogP contribution in [0.1, 0.15) is 25.8 Å². The molecule has 1 unspecified atom stereocenters. The van der Waals surface area contributed by atoms with Gasteiger partial charge in [-0.05, 0) is 31.4 Å². The molecule has 1 aromatic rings. The fourth-order valence-electron chi connectivity index (χ4n) is 2.32. The molecule has 1 aliphatic heterocycles. The fraction of sp³-hybridized carbons (Fsp3) is 0.571. The summed E-state index contributed by atoms with van der Waals surface area (Å²) in [5, 5.41) is 3.53. The van der Waals surface area contributed by atoms with Crippen LogP contribution in [-0.4, -0.2) is 30.6 Å². The summed E-state index contributed by atoms with van der Waals surface area (Å²) in [6.45, 7) is 8.00. The Bertz CT molecular complexity index is 335. The van der Waals surface area contributed by atoms with Crippen molar-refractivity contribution in [2.24, 2.45) is 0 Å². The number of para-hydroxylation sites is 1. The molecule has 88 valence electrons. The maximum Gasteiger partial charge on any atom is 0.0373 e. The first-order valence-corrected chi connectivity index (χ1v) is 6.37. The molecule has 2 heteroatoms. The van der Waals surface area contributed by atoms with Gasteiger partial charge >= 0.3 is 0 Å². The highest BCUT2D eigenvalue weighted by Crippen LogP contribution is 2.18. The van der Waals surface area contributed by atoms with Gasteiger partial charge in [0.05, 0.1) is 0 Å². The van der Waals surface area contributed by atoms with E-state index in [4.69, 9.17) is 0 Å². The van der Waals surface area contributed by atoms with Gasteiger partial charge in [0.25, 0.3) is 0 Å². The third-order valence-corrected chi connectivity index (χ3v) is 3.61. The minimum Gasteiger partial charge on any atom is -0.384 e. The summed E-state index contributed by atoms with van der Waals surface area (Å²) in [5.74, 6) is 0. The van der Waals surface area contributed by atoms with Crippen LogP contribution in [0.4, 0.5) is 5.69 Å². The van der Waals surface area contributed by atoms with Crippen LogP contribution >= 0.6 is 0 Å². The van der Waals surface area contributed by atoms with Gasteiger partial charge < -0.3 is 5.32 Å². The predicted octanol–water partition coefficient (Wildman–Crippen LogP) is 2.76. The standard InChI is InChI=1S/C14H22N2/c1-3-12(2)16-10-8-13-6-4-5-7-14(13)15-9-11-16/h4-7,12,15H,3,8-11H2,1-2H3. The van der Waals surface area contributed by atoms with Crippen molar-refractivity contribution in [1.82, 2.24) is 4.90 Å². The summed E-state index contributed by atoms with van der Waals surface area (Å²) in [6, 6.07) is 9.37. The number of hydrogen-bond donors (Lipinski definition) is 1. The van der Waals surface area contributed by atoms with Crippen LogP contribution < -0.4 is 5.32 Å². The number of nitrogens with one attached hydrogen (secondary N) is 1. The van der Waals surface area contributed by atoms with E-state index in [2.05, 4.69) is 48.3 Å². The normalized spacial score (nSPS) is 19.1. The number of anilines is 1. The first kappa shape index (κ1) is 11.5. The SMILES string of the molecule is CCC(C)N1CCNc2ccccc2CC1. The Morgan fingerprint density at radius 3 is 2.94 bits per heavy atom. The predicted molar refractivity (Wildman–Crippen MR) is 70.0 cm³/mol. The van der Waals surface area contributed by atoms with Crippen molar-refractivity contribution in [3.05, 3.63) is 29.8 Å². The molecule has 0 fully saturated rings. The zero-order chi connectivity index (χ0) is 11.4. The van der Waals surface area contributed by atoms with Crippen LogP contribution in [0.2, 0.25) is 0 Å². The lowest BCUT2D eigenvalue weighted by atomic mass is 10.1. The second-order valence-electron chi connectivity index (χ2n) is 4.63. The number of benzene rings is 1. The molecule has 0 spiro atoms. The lowest BCUT2D eigenvalue weighted by Crippen LogP contribution is -2.39. The lowest BCUT2D eigenvalue weighted by Gasteiger charge is -2.31. The van der Waals surface area contributed by atoms with Crippen molar-refractivity contribution in [3.8, 4) is 0 Å². The van der Waals surface area contributed by atoms with E-state index in [0.717, 1.165) is 19.5 Å². The molecule has 0 aliphatic carbocycles. The molecule has 1 atom stereocenters. The summed E-state index contributed by atoms with van der Waals surface area (Å²) in [5.41, 5.74) is 2.78. The van der Waals surface area contributed by atoms with E-state index < -0.39 is 0 Å². The van der Waals surface area contributed by atoms with Gasteiger partial charge in [-0.25, -0.2) is 0 Å². The van der Waals surface area contributed by atoms with Crippen LogP contribution in [0.15, 0.2) is 24.3 Å². The lowest BCUT2D eigenvalue weighted by molar-refractivity contribution is 0.212. The van der Waals surface area contributed by atoms with Crippen molar-refractivity contribution < 1.29 is 0 Å². The first-order valence-electron chi connectivity index (χ1n) is 6.37. The Labute approximate surface area is 98.7 Å². The second-order valence-corrected chi connectivity index (χ2v) is 4.63. The highest BCUT2D eigenvalue weighted by molar-refractivity contribution is 5.51. The zero-order valence-corrected chi connectivity index (χ0v) is 10.4. The molecule has 1 N–H and O–H groups in total. The molecule has 2 nitrogen and oxygen atoms in total. The molecule has 0 saturated carbocycles. The molecule has 1 aliphatic rings. The van der Waals surface area contributed by atoms with Crippen LogP contribution in [-0.2, 0) is 6.42 Å². The van der Waals surface area contributed by atoms with Gasteiger partial charge in [-0.3, -0.25) is 4.90 Å². The Kier molecular flexibility index (Phi) is 3.83. The molecule has 0 saturated heterocycles. The van der Waals surface area contributed by atoms with Gasteiger partial charge in [0.2, 0.25) is 0 Å². The van der Waals surface area contributed by atoms with Gasteiger partial charge in [0.15, 0.2) is 0 Å². The van der Waals surface area contributed by atoms with Gasteiger partial charge in [0.1, 0.15) is 0 Å². The Hall–Kier alpha value is -1.02. The highest BCUT2D eigenvalue weighted by Gasteiger charge is 2.14. The van der Waals surface area contributed by atoms with Crippen LogP contribution in [0.25, 0.3) is 0 Å². The van der Waals surface area contributed by atoms with Crippen LogP contribution in [0, 0.1) is 0 Å². The summed E-state index contributed by atoms with van der Waals surface area (Å²) in [7, 11) is 0. The summed E-state index contributed by atoms with van der Waals surface area (Å²) < 4.78 is 0. The topological polar surface area (TPSA) is 15.3 Å². The van der Waals surface area contributed by atoms with E-state index in [1.807, 2.05) is 0 Å². The third-order valence-electron chi connectivity index (χ3n) is 3.61. The van der Waals surface area contributed by atoms with Gasteiger partial charge in [-0.2, -0.15) is 0 Å². The molecule has 0 amide bonds. The Morgan fingerprint density at radius 1 is 1.31 bits per heavy atom. The average molecular weight is 218 g/mol. The maximum atomic E-state index is 3.53. The molecular formula is C14H22N2. The van der Waals surface area contributed by atoms with E-state index in [9.17, 15) is 0 Å². The van der Waals surface area contributed by atoms with E-state index in [1.165, 1.54) is 24.2 Å². The van der Waals surface area contributed by atoms with Gasteiger partial charge in [-0.15, -0.1) is 0 Å². The molecule has 0 bridgehead atoms. The van der Waals surface area contributed by atoms with Crippen molar-refractivity contribution in [2.45, 2.75) is 32.7 Å². The molecule has 1 aromatic carbocycles. The minimum absolute atomic E-state index is 0.701. The fourth-order valence-corrected chi connectivity index (χ4v) is 2.32. The maximum absolute atomic E-state index is 3.53. The van der Waals surface area contributed by atoms with Gasteiger partial charge in [0, 0.05) is 31.4 Å². The number of rotatable bonds is 2. The first-order chi connectivity index (χ1) is 7.81. The molecule has 0 radical (unpaired) electrons. The van der Waals surface area contributed by atoms with Crippen molar-refractivity contribution in [2.75, 3.05) is 25.0 Å². The molecule has 2 rings (SSSR count). The summed E-state index contributed by atoms with van der Waals surface area (Å²) >= 11 is 0. The van der Waals surface area contributed by atoms with E-state index in [1.54, 1.807) is 0 Å². The van der Waals surface area contributed by atoms with E-state index >= 15 is 0 Å². The van der Waals surface area contributed by atoms with E-state index in [-0.39, 0.29) is 0 Å². The number of nitrogens with zero attached hydrogens (tertiary/aromatic N) is 1. The number of hydrogen-bond acceptors (Lipinski definition) is 2. The Morgan fingerprint density at radius 2 is 2.12 bits per heavy atom. The van der Waals surface area contributed by atoms with Crippen molar-refractivity contribution in [3.63, 3.8) is 0 Å². The highest BCUT2D eigenvalue weighted by atomic mass is 15.2. The smallest absolute Gasteiger partial charge is 0.0373 e. The molecule has 1 heterocycles. The average Bonchev–Trinajstić information content (AvgIpc) is 2.29. The van der Waals surface area contributed by atoms with Crippen LogP contribution in [0.5, 0.6) is 0 Å². The number of fused-ring (bicyclic) bond motifs is 1. The molecular weight excluding hydrogens is 196 g/mol. The quantitative estimate of drug-likeness (QED) is 0.821. The third kappa shape index (κ3) is 2.56. The monoisotopic (exact) mass is 218 g/mol. The minimum atomic E-state index is 0.701. The Balaban J connectivity index is 2.07. The summed E-state index contributed by atoms with van der Waals surface area (Å²) in [4.78, 5) is 2.59. The molecule has 0 aromatic heterocycles. The largest absolute Gasteiger partial charge is 0.384 e.